The Balaban J connectivity index is 1.99. The van der Waals surface area contributed by atoms with Crippen molar-refractivity contribution in [2.75, 3.05) is 13.6 Å². The molecule has 0 bridgehead atoms. The molecule has 2 aromatic rings. The van der Waals surface area contributed by atoms with Gasteiger partial charge in [-0.3, -0.25) is 4.90 Å². The Morgan fingerprint density at radius 3 is 2.89 bits per heavy atom. The number of hydrogen-bond donors (Lipinski definition) is 1. The summed E-state index contributed by atoms with van der Waals surface area (Å²) in [5.74, 6) is 1.07. The van der Waals surface area contributed by atoms with Crippen molar-refractivity contribution in [3.8, 4) is 0 Å². The Bertz CT molecular complexity index is 450. The van der Waals surface area contributed by atoms with Crippen LogP contribution in [-0.2, 0) is 19.6 Å². The summed E-state index contributed by atoms with van der Waals surface area (Å²) in [6, 6.07) is 6.34. The second-order valence-electron chi connectivity index (χ2n) is 4.28. The van der Waals surface area contributed by atoms with Crippen molar-refractivity contribution in [3.63, 3.8) is 0 Å². The van der Waals surface area contributed by atoms with Gasteiger partial charge in [-0.05, 0) is 31.1 Å². The van der Waals surface area contributed by atoms with Crippen LogP contribution in [0.15, 0.2) is 34.3 Å². The molecule has 2 aromatic heterocycles. The fourth-order valence-corrected chi connectivity index (χ4v) is 2.71. The van der Waals surface area contributed by atoms with Crippen LogP contribution in [0.2, 0.25) is 0 Å². The smallest absolute Gasteiger partial charge is 0.122 e. The molecule has 3 nitrogen and oxygen atoms in total. The average Bonchev–Trinajstić information content (AvgIpc) is 3.01. The SMILES string of the molecule is CCN(Cc1cccs1)Cc1occc1CNC. The predicted octanol–water partition coefficient (Wildman–Crippen LogP) is 3.08. The summed E-state index contributed by atoms with van der Waals surface area (Å²) in [4.78, 5) is 3.79. The third-order valence-corrected chi connectivity index (χ3v) is 3.84. The van der Waals surface area contributed by atoms with Crippen molar-refractivity contribution < 1.29 is 4.42 Å². The van der Waals surface area contributed by atoms with E-state index in [-0.39, 0.29) is 0 Å². The zero-order valence-corrected chi connectivity index (χ0v) is 11.8. The minimum Gasteiger partial charge on any atom is -0.468 e. The molecule has 2 heterocycles. The van der Waals surface area contributed by atoms with Crippen molar-refractivity contribution in [3.05, 3.63) is 46.0 Å². The number of hydrogen-bond acceptors (Lipinski definition) is 4. The van der Waals surface area contributed by atoms with Crippen molar-refractivity contribution >= 4 is 11.3 Å². The summed E-state index contributed by atoms with van der Waals surface area (Å²) < 4.78 is 5.59. The fraction of sp³-hybridized carbons (Fsp3) is 0.429. The maximum Gasteiger partial charge on any atom is 0.122 e. The van der Waals surface area contributed by atoms with Gasteiger partial charge in [-0.1, -0.05) is 13.0 Å². The number of thiophene rings is 1. The molecule has 18 heavy (non-hydrogen) atoms. The van der Waals surface area contributed by atoms with Crippen LogP contribution < -0.4 is 5.32 Å². The lowest BCUT2D eigenvalue weighted by Crippen LogP contribution is -2.22. The van der Waals surface area contributed by atoms with Crippen molar-refractivity contribution in [1.29, 1.82) is 0 Å². The minimum atomic E-state index is 0.863. The Labute approximate surface area is 112 Å². The van der Waals surface area contributed by atoms with Crippen molar-refractivity contribution in [1.82, 2.24) is 10.2 Å². The Hall–Kier alpha value is -1.10. The predicted molar refractivity (Wildman–Crippen MR) is 75.6 cm³/mol. The average molecular weight is 264 g/mol. The molecule has 0 saturated carbocycles. The maximum absolute atomic E-state index is 5.59. The Morgan fingerprint density at radius 1 is 1.33 bits per heavy atom. The van der Waals surface area contributed by atoms with Gasteiger partial charge in [0.05, 0.1) is 12.8 Å². The van der Waals surface area contributed by atoms with Crippen LogP contribution in [0.3, 0.4) is 0 Å². The molecule has 0 aromatic carbocycles. The van der Waals surface area contributed by atoms with Gasteiger partial charge in [0.25, 0.3) is 0 Å². The number of rotatable bonds is 7. The van der Waals surface area contributed by atoms with Crippen molar-refractivity contribution in [2.24, 2.45) is 0 Å². The van der Waals surface area contributed by atoms with Gasteiger partial charge >= 0.3 is 0 Å². The molecule has 0 spiro atoms. The molecule has 98 valence electrons. The first-order valence-electron chi connectivity index (χ1n) is 6.28. The summed E-state index contributed by atoms with van der Waals surface area (Å²) in [5.41, 5.74) is 1.25. The van der Waals surface area contributed by atoms with E-state index in [1.165, 1.54) is 10.4 Å². The molecule has 0 unspecified atom stereocenters. The summed E-state index contributed by atoms with van der Waals surface area (Å²) >= 11 is 1.81. The fourth-order valence-electron chi connectivity index (χ4n) is 1.96. The molecule has 0 aliphatic rings. The largest absolute Gasteiger partial charge is 0.468 e. The summed E-state index contributed by atoms with van der Waals surface area (Å²) in [5, 5.41) is 5.30. The van der Waals surface area contributed by atoms with Gasteiger partial charge in [-0.2, -0.15) is 0 Å². The highest BCUT2D eigenvalue weighted by Crippen LogP contribution is 2.17. The van der Waals surface area contributed by atoms with Gasteiger partial charge in [0.2, 0.25) is 0 Å². The molecule has 0 atom stereocenters. The maximum atomic E-state index is 5.59. The zero-order valence-electron chi connectivity index (χ0n) is 11.0. The molecule has 0 fully saturated rings. The van der Waals surface area contributed by atoms with Gasteiger partial charge in [-0.25, -0.2) is 0 Å². The van der Waals surface area contributed by atoms with E-state index >= 15 is 0 Å². The van der Waals surface area contributed by atoms with Gasteiger partial charge in [-0.15, -0.1) is 11.3 Å². The van der Waals surface area contributed by atoms with E-state index in [0.29, 0.717) is 0 Å². The number of nitrogens with one attached hydrogen (secondary N) is 1. The van der Waals surface area contributed by atoms with Crippen LogP contribution in [0.5, 0.6) is 0 Å². The quantitative estimate of drug-likeness (QED) is 0.833. The standard InChI is InChI=1S/C14H20N2OS/c1-3-16(10-13-5-4-8-18-13)11-14-12(9-15-2)6-7-17-14/h4-8,15H,3,9-11H2,1-2H3. The van der Waals surface area contributed by atoms with E-state index < -0.39 is 0 Å². The Kier molecular flexibility index (Phi) is 4.99. The first-order valence-corrected chi connectivity index (χ1v) is 7.16. The van der Waals surface area contributed by atoms with E-state index in [9.17, 15) is 0 Å². The second-order valence-corrected chi connectivity index (χ2v) is 5.31. The first kappa shape index (κ1) is 13.3. The van der Waals surface area contributed by atoms with Crippen LogP contribution >= 0.6 is 11.3 Å². The molecule has 1 N–H and O–H groups in total. The third kappa shape index (κ3) is 3.45. The monoisotopic (exact) mass is 264 g/mol. The van der Waals surface area contributed by atoms with Gasteiger partial charge in [0.1, 0.15) is 5.76 Å². The lowest BCUT2D eigenvalue weighted by Gasteiger charge is -2.18. The third-order valence-electron chi connectivity index (χ3n) is 2.98. The molecule has 0 radical (unpaired) electrons. The van der Waals surface area contributed by atoms with Crippen molar-refractivity contribution in [2.45, 2.75) is 26.6 Å². The second kappa shape index (κ2) is 6.73. The van der Waals surface area contributed by atoms with Crippen LogP contribution in [0.4, 0.5) is 0 Å². The lowest BCUT2D eigenvalue weighted by atomic mass is 10.2. The van der Waals surface area contributed by atoms with Crippen LogP contribution in [0.1, 0.15) is 23.1 Å². The van der Waals surface area contributed by atoms with Gasteiger partial charge in [0, 0.05) is 23.5 Å². The van der Waals surface area contributed by atoms with E-state index in [4.69, 9.17) is 4.42 Å². The van der Waals surface area contributed by atoms with Crippen LogP contribution in [0.25, 0.3) is 0 Å². The molecule has 0 aliphatic heterocycles. The highest BCUT2D eigenvalue weighted by molar-refractivity contribution is 7.09. The number of nitrogens with zero attached hydrogens (tertiary/aromatic N) is 1. The summed E-state index contributed by atoms with van der Waals surface area (Å²) in [6.07, 6.45) is 1.78. The summed E-state index contributed by atoms with van der Waals surface area (Å²) in [7, 11) is 1.96. The van der Waals surface area contributed by atoms with E-state index in [1.807, 2.05) is 24.5 Å². The van der Waals surface area contributed by atoms with Gasteiger partial charge in [0.15, 0.2) is 0 Å². The molecule has 0 saturated heterocycles. The Morgan fingerprint density at radius 2 is 2.22 bits per heavy atom. The van der Waals surface area contributed by atoms with E-state index in [0.717, 1.165) is 31.9 Å². The summed E-state index contributed by atoms with van der Waals surface area (Å²) in [6.45, 7) is 5.94. The van der Waals surface area contributed by atoms with Crippen LogP contribution in [0, 0.1) is 0 Å². The van der Waals surface area contributed by atoms with Gasteiger partial charge < -0.3 is 9.73 Å². The molecule has 2 rings (SSSR count). The van der Waals surface area contributed by atoms with E-state index in [1.54, 1.807) is 6.26 Å². The normalized spacial score (nSPS) is 11.3. The highest BCUT2D eigenvalue weighted by atomic mass is 32.1. The molecule has 0 amide bonds. The highest BCUT2D eigenvalue weighted by Gasteiger charge is 2.11. The molecule has 4 heteroatoms. The first-order chi connectivity index (χ1) is 8.83. The van der Waals surface area contributed by atoms with Crippen LogP contribution in [-0.4, -0.2) is 18.5 Å². The van der Waals surface area contributed by atoms with E-state index in [2.05, 4.69) is 34.7 Å². The minimum absolute atomic E-state index is 0.863. The molecule has 0 aliphatic carbocycles. The zero-order chi connectivity index (χ0) is 12.8. The molecular formula is C14H20N2OS. The molecular weight excluding hydrogens is 244 g/mol. The lowest BCUT2D eigenvalue weighted by molar-refractivity contribution is 0.248. The number of furan rings is 1. The topological polar surface area (TPSA) is 28.4 Å².